The molecule has 1 saturated carbocycles. The smallest absolute Gasteiger partial charge is 0.353 e. The SMILES string of the molecule is CC1(C2CCCN2c2cc(C(F)(F)F)cc3ncnn23)CC1. The zero-order chi connectivity index (χ0) is 15.5. The van der Waals surface area contributed by atoms with Crippen molar-refractivity contribution in [3.8, 4) is 0 Å². The molecule has 2 aromatic heterocycles. The van der Waals surface area contributed by atoms with Crippen LogP contribution in [0.25, 0.3) is 5.65 Å². The van der Waals surface area contributed by atoms with Crippen LogP contribution in [0.5, 0.6) is 0 Å². The fourth-order valence-electron chi connectivity index (χ4n) is 3.57. The molecule has 118 valence electrons. The number of fused-ring (bicyclic) bond motifs is 1. The van der Waals surface area contributed by atoms with Gasteiger partial charge >= 0.3 is 6.18 Å². The number of alkyl halides is 3. The normalized spacial score (nSPS) is 24.2. The van der Waals surface area contributed by atoms with Gasteiger partial charge in [0.05, 0.1) is 5.56 Å². The van der Waals surface area contributed by atoms with E-state index in [0.29, 0.717) is 11.9 Å². The summed E-state index contributed by atoms with van der Waals surface area (Å²) in [6.45, 7) is 3.00. The number of pyridine rings is 1. The topological polar surface area (TPSA) is 33.4 Å². The van der Waals surface area contributed by atoms with Crippen molar-refractivity contribution in [2.45, 2.75) is 44.8 Å². The first-order chi connectivity index (χ1) is 10.4. The first kappa shape index (κ1) is 13.8. The van der Waals surface area contributed by atoms with E-state index in [2.05, 4.69) is 21.9 Å². The molecule has 7 heteroatoms. The molecule has 0 spiro atoms. The zero-order valence-electron chi connectivity index (χ0n) is 12.3. The first-order valence-electron chi connectivity index (χ1n) is 7.56. The van der Waals surface area contributed by atoms with E-state index in [0.717, 1.165) is 38.3 Å². The Labute approximate surface area is 125 Å². The molecule has 1 aliphatic carbocycles. The average Bonchev–Trinajstić information content (AvgIpc) is 2.94. The predicted octanol–water partition coefficient (Wildman–Crippen LogP) is 3.52. The molecule has 1 unspecified atom stereocenters. The molecule has 0 aromatic carbocycles. The van der Waals surface area contributed by atoms with Crippen LogP contribution in [0.15, 0.2) is 18.5 Å². The van der Waals surface area contributed by atoms with E-state index < -0.39 is 11.7 Å². The fraction of sp³-hybridized carbons (Fsp3) is 0.600. The molecule has 0 bridgehead atoms. The van der Waals surface area contributed by atoms with Gasteiger partial charge in [0.25, 0.3) is 0 Å². The van der Waals surface area contributed by atoms with Crippen LogP contribution < -0.4 is 4.90 Å². The van der Waals surface area contributed by atoms with Crippen LogP contribution in [0.4, 0.5) is 19.0 Å². The molecule has 1 aliphatic heterocycles. The summed E-state index contributed by atoms with van der Waals surface area (Å²) < 4.78 is 41.0. The molecular weight excluding hydrogens is 293 g/mol. The maximum atomic E-state index is 13.2. The highest BCUT2D eigenvalue weighted by atomic mass is 19.4. The van der Waals surface area contributed by atoms with Crippen molar-refractivity contribution in [3.63, 3.8) is 0 Å². The molecule has 2 aromatic rings. The second-order valence-corrected chi connectivity index (χ2v) is 6.64. The minimum atomic E-state index is -4.37. The fourth-order valence-corrected chi connectivity index (χ4v) is 3.57. The van der Waals surface area contributed by atoms with Gasteiger partial charge in [0, 0.05) is 12.6 Å². The number of rotatable bonds is 2. The Kier molecular flexibility index (Phi) is 2.75. The van der Waals surface area contributed by atoms with Crippen LogP contribution in [0.1, 0.15) is 38.2 Å². The highest BCUT2D eigenvalue weighted by Crippen LogP contribution is 2.53. The monoisotopic (exact) mass is 310 g/mol. The van der Waals surface area contributed by atoms with E-state index in [4.69, 9.17) is 0 Å². The summed E-state index contributed by atoms with van der Waals surface area (Å²) in [6.07, 6.45) is 1.26. The van der Waals surface area contributed by atoms with Gasteiger partial charge in [-0.1, -0.05) is 6.92 Å². The van der Waals surface area contributed by atoms with E-state index in [1.54, 1.807) is 0 Å². The van der Waals surface area contributed by atoms with Crippen molar-refractivity contribution in [3.05, 3.63) is 24.0 Å². The number of aromatic nitrogens is 3. The Balaban J connectivity index is 1.84. The van der Waals surface area contributed by atoms with Crippen LogP contribution in [0.3, 0.4) is 0 Å². The van der Waals surface area contributed by atoms with Crippen LogP contribution >= 0.6 is 0 Å². The van der Waals surface area contributed by atoms with Gasteiger partial charge in [-0.2, -0.15) is 22.8 Å². The molecule has 1 atom stereocenters. The summed E-state index contributed by atoms with van der Waals surface area (Å²) >= 11 is 0. The third-order valence-electron chi connectivity index (χ3n) is 5.08. The number of hydrogen-bond donors (Lipinski definition) is 0. The van der Waals surface area contributed by atoms with E-state index in [-0.39, 0.29) is 11.1 Å². The lowest BCUT2D eigenvalue weighted by molar-refractivity contribution is -0.137. The van der Waals surface area contributed by atoms with Gasteiger partial charge < -0.3 is 4.90 Å². The van der Waals surface area contributed by atoms with Crippen molar-refractivity contribution in [1.29, 1.82) is 0 Å². The van der Waals surface area contributed by atoms with Crippen LogP contribution in [0, 0.1) is 5.41 Å². The average molecular weight is 310 g/mol. The minimum Gasteiger partial charge on any atom is -0.353 e. The van der Waals surface area contributed by atoms with Crippen molar-refractivity contribution in [2.24, 2.45) is 5.41 Å². The molecule has 1 saturated heterocycles. The summed E-state index contributed by atoms with van der Waals surface area (Å²) in [7, 11) is 0. The highest BCUT2D eigenvalue weighted by Gasteiger charge is 2.49. The number of nitrogens with zero attached hydrogens (tertiary/aromatic N) is 4. The van der Waals surface area contributed by atoms with Gasteiger partial charge in [0.2, 0.25) is 0 Å². The standard InChI is InChI=1S/C15H17F3N4/c1-14(4-5-14)11-3-2-6-21(11)13-8-10(15(16,17)18)7-12-19-9-20-22(12)13/h7-9,11H,2-6H2,1H3. The summed E-state index contributed by atoms with van der Waals surface area (Å²) in [5.41, 5.74) is -0.177. The van der Waals surface area contributed by atoms with Crippen LogP contribution in [-0.2, 0) is 6.18 Å². The maximum Gasteiger partial charge on any atom is 0.416 e. The van der Waals surface area contributed by atoms with Gasteiger partial charge in [-0.25, -0.2) is 4.98 Å². The molecule has 3 heterocycles. The van der Waals surface area contributed by atoms with Crippen molar-refractivity contribution >= 4 is 11.5 Å². The zero-order valence-corrected chi connectivity index (χ0v) is 12.3. The van der Waals surface area contributed by atoms with Crippen molar-refractivity contribution in [2.75, 3.05) is 11.4 Å². The minimum absolute atomic E-state index is 0.234. The maximum absolute atomic E-state index is 13.2. The lowest BCUT2D eigenvalue weighted by Gasteiger charge is -2.32. The van der Waals surface area contributed by atoms with Crippen molar-refractivity contribution < 1.29 is 13.2 Å². The number of halogens is 3. The van der Waals surface area contributed by atoms with Crippen LogP contribution in [-0.4, -0.2) is 27.2 Å². The second-order valence-electron chi connectivity index (χ2n) is 6.64. The van der Waals surface area contributed by atoms with Gasteiger partial charge in [-0.15, -0.1) is 0 Å². The lowest BCUT2D eigenvalue weighted by atomic mass is 9.96. The third kappa shape index (κ3) is 2.06. The van der Waals surface area contributed by atoms with Gasteiger partial charge in [-0.3, -0.25) is 0 Å². The second kappa shape index (κ2) is 4.36. The Hall–Kier alpha value is -1.79. The van der Waals surface area contributed by atoms with Gasteiger partial charge in [-0.05, 0) is 43.2 Å². The van der Waals surface area contributed by atoms with Crippen LogP contribution in [0.2, 0.25) is 0 Å². The molecular formula is C15H17F3N4. The molecule has 0 N–H and O–H groups in total. The Morgan fingerprint density at radius 2 is 2.05 bits per heavy atom. The lowest BCUT2D eigenvalue weighted by Crippen LogP contribution is -2.37. The van der Waals surface area contributed by atoms with E-state index in [1.165, 1.54) is 16.9 Å². The third-order valence-corrected chi connectivity index (χ3v) is 5.08. The summed E-state index contributed by atoms with van der Waals surface area (Å²) in [5, 5.41) is 4.12. The molecule has 2 aliphatic rings. The molecule has 2 fully saturated rings. The number of anilines is 1. The quantitative estimate of drug-likeness (QED) is 0.851. The molecule has 4 rings (SSSR count). The molecule has 0 amide bonds. The van der Waals surface area contributed by atoms with E-state index in [9.17, 15) is 13.2 Å². The Morgan fingerprint density at radius 3 is 2.73 bits per heavy atom. The summed E-state index contributed by atoms with van der Waals surface area (Å²) in [5.74, 6) is 0.512. The summed E-state index contributed by atoms with van der Waals surface area (Å²) in [4.78, 5) is 6.05. The predicted molar refractivity (Wildman–Crippen MR) is 75.7 cm³/mol. The highest BCUT2D eigenvalue weighted by molar-refractivity contribution is 5.55. The molecule has 22 heavy (non-hydrogen) atoms. The van der Waals surface area contributed by atoms with Crippen molar-refractivity contribution in [1.82, 2.24) is 14.6 Å². The Bertz CT molecular complexity index is 717. The molecule has 4 nitrogen and oxygen atoms in total. The van der Waals surface area contributed by atoms with E-state index >= 15 is 0 Å². The van der Waals surface area contributed by atoms with E-state index in [1.807, 2.05) is 0 Å². The molecule has 0 radical (unpaired) electrons. The van der Waals surface area contributed by atoms with Gasteiger partial charge in [0.15, 0.2) is 5.65 Å². The first-order valence-corrected chi connectivity index (χ1v) is 7.56. The largest absolute Gasteiger partial charge is 0.416 e. The number of hydrogen-bond acceptors (Lipinski definition) is 3. The van der Waals surface area contributed by atoms with Gasteiger partial charge in [0.1, 0.15) is 12.1 Å². The summed E-state index contributed by atoms with van der Waals surface area (Å²) in [6, 6.07) is 2.56. The Morgan fingerprint density at radius 1 is 1.27 bits per heavy atom.